The third-order valence-electron chi connectivity index (χ3n) is 5.42. The number of hydrogen-bond acceptors (Lipinski definition) is 9. The summed E-state index contributed by atoms with van der Waals surface area (Å²) in [6.45, 7) is 2.37. The van der Waals surface area contributed by atoms with Crippen LogP contribution in [0.5, 0.6) is 11.5 Å². The van der Waals surface area contributed by atoms with Gasteiger partial charge in [0.05, 0.1) is 23.6 Å². The van der Waals surface area contributed by atoms with Crippen molar-refractivity contribution in [3.8, 4) is 11.5 Å². The van der Waals surface area contributed by atoms with Crippen molar-refractivity contribution in [2.75, 3.05) is 25.3 Å². The minimum Gasteiger partial charge on any atom is -0.454 e. The fraction of sp³-hybridized carbons (Fsp3) is 0.217. The van der Waals surface area contributed by atoms with Crippen LogP contribution in [-0.2, 0) is 11.3 Å². The second-order valence-corrected chi connectivity index (χ2v) is 9.35. The highest BCUT2D eigenvalue weighted by Gasteiger charge is 2.33. The van der Waals surface area contributed by atoms with Crippen LogP contribution < -0.4 is 20.3 Å². The Hall–Kier alpha value is -3.41. The number of pyridine rings is 1. The smallest absolute Gasteiger partial charge is 0.267 e. The maximum absolute atomic E-state index is 13.3. The Bertz CT molecular complexity index is 1420. The van der Waals surface area contributed by atoms with Gasteiger partial charge in [-0.2, -0.15) is 0 Å². The van der Waals surface area contributed by atoms with Crippen molar-refractivity contribution in [3.63, 3.8) is 0 Å². The molecule has 2 aliphatic heterocycles. The summed E-state index contributed by atoms with van der Waals surface area (Å²) >= 11 is 6.59. The van der Waals surface area contributed by atoms with Crippen LogP contribution in [-0.4, -0.2) is 49.6 Å². The molecule has 4 heterocycles. The highest BCUT2D eigenvalue weighted by Crippen LogP contribution is 2.36. The topological polar surface area (TPSA) is 105 Å². The van der Waals surface area contributed by atoms with Gasteiger partial charge in [-0.05, 0) is 42.3 Å². The predicted octanol–water partition coefficient (Wildman–Crippen LogP) is 2.54. The lowest BCUT2D eigenvalue weighted by Crippen LogP contribution is -2.27. The van der Waals surface area contributed by atoms with E-state index in [1.807, 2.05) is 25.1 Å². The minimum atomic E-state index is -0.324. The molecule has 2 aliphatic rings. The molecule has 0 spiro atoms. The lowest BCUT2D eigenvalue weighted by molar-refractivity contribution is -0.122. The summed E-state index contributed by atoms with van der Waals surface area (Å²) in [7, 11) is 0. The fourth-order valence-corrected chi connectivity index (χ4v) is 4.98. The van der Waals surface area contributed by atoms with Crippen LogP contribution in [0, 0.1) is 6.92 Å². The number of aromatic nitrogens is 2. The van der Waals surface area contributed by atoms with Gasteiger partial charge < -0.3 is 19.9 Å². The highest BCUT2D eigenvalue weighted by molar-refractivity contribution is 8.26. The largest absolute Gasteiger partial charge is 0.454 e. The number of carbonyl (C=O) groups is 1. The van der Waals surface area contributed by atoms with E-state index < -0.39 is 0 Å². The Morgan fingerprint density at radius 2 is 2.09 bits per heavy atom. The minimum absolute atomic E-state index is 0.133. The van der Waals surface area contributed by atoms with Gasteiger partial charge in [-0.3, -0.25) is 18.9 Å². The number of hydrogen-bond donors (Lipinski definition) is 2. The number of nitrogens with zero attached hydrogens (tertiary/aromatic N) is 3. The number of thioether (sulfide) groups is 1. The lowest BCUT2D eigenvalue weighted by Gasteiger charge is -2.15. The second kappa shape index (κ2) is 9.09. The van der Waals surface area contributed by atoms with E-state index in [1.165, 1.54) is 15.4 Å². The zero-order valence-electron chi connectivity index (χ0n) is 18.1. The predicted molar refractivity (Wildman–Crippen MR) is 133 cm³/mol. The van der Waals surface area contributed by atoms with Crippen molar-refractivity contribution in [3.05, 3.63) is 68.5 Å². The molecule has 5 rings (SSSR count). The van der Waals surface area contributed by atoms with E-state index in [4.69, 9.17) is 21.7 Å². The van der Waals surface area contributed by atoms with Crippen molar-refractivity contribution >= 4 is 51.7 Å². The number of aliphatic hydroxyl groups is 1. The first-order valence-electron chi connectivity index (χ1n) is 10.5. The van der Waals surface area contributed by atoms with Crippen LogP contribution in [0.25, 0.3) is 11.7 Å². The second-order valence-electron chi connectivity index (χ2n) is 7.67. The van der Waals surface area contributed by atoms with Gasteiger partial charge in [-0.25, -0.2) is 4.98 Å². The van der Waals surface area contributed by atoms with Crippen molar-refractivity contribution in [1.82, 2.24) is 14.3 Å². The number of rotatable bonds is 6. The van der Waals surface area contributed by atoms with Crippen molar-refractivity contribution in [2.45, 2.75) is 13.5 Å². The summed E-state index contributed by atoms with van der Waals surface area (Å²) in [4.78, 5) is 32.9. The molecule has 11 heteroatoms. The van der Waals surface area contributed by atoms with Crippen molar-refractivity contribution < 1.29 is 19.4 Å². The van der Waals surface area contributed by atoms with Gasteiger partial charge in [0.1, 0.15) is 15.8 Å². The first kappa shape index (κ1) is 22.4. The number of aliphatic hydroxyl groups excluding tert-OH is 1. The molecule has 174 valence electrons. The molecule has 0 aliphatic carbocycles. The molecule has 2 aromatic heterocycles. The van der Waals surface area contributed by atoms with E-state index in [0.717, 1.165) is 22.9 Å². The molecule has 1 aromatic carbocycles. The van der Waals surface area contributed by atoms with Crippen LogP contribution in [0.3, 0.4) is 0 Å². The quantitative estimate of drug-likeness (QED) is 0.393. The van der Waals surface area contributed by atoms with E-state index in [2.05, 4.69) is 10.3 Å². The molecule has 2 N–H and O–H groups in total. The molecular formula is C23H20N4O5S2. The monoisotopic (exact) mass is 496 g/mol. The van der Waals surface area contributed by atoms with Crippen LogP contribution in [0.1, 0.15) is 16.7 Å². The SMILES string of the molecule is Cc1cccn2c(=O)c(/C=C3\SC(=S)N(Cc4ccc5c(c4)OCO5)C3=O)c(NCCO)nc12. The maximum Gasteiger partial charge on any atom is 0.267 e. The Labute approximate surface area is 204 Å². The highest BCUT2D eigenvalue weighted by atomic mass is 32.2. The first-order valence-corrected chi connectivity index (χ1v) is 11.7. The molecule has 0 radical (unpaired) electrons. The average molecular weight is 497 g/mol. The molecule has 34 heavy (non-hydrogen) atoms. The molecular weight excluding hydrogens is 476 g/mol. The number of amides is 1. The van der Waals surface area contributed by atoms with Crippen LogP contribution in [0.15, 0.2) is 46.2 Å². The number of benzene rings is 1. The fourth-order valence-electron chi connectivity index (χ4n) is 3.74. The molecule has 0 bridgehead atoms. The van der Waals surface area contributed by atoms with Crippen LogP contribution >= 0.6 is 24.0 Å². The average Bonchev–Trinajstić information content (AvgIpc) is 3.40. The van der Waals surface area contributed by atoms with Gasteiger partial charge in [0, 0.05) is 12.7 Å². The molecule has 9 nitrogen and oxygen atoms in total. The van der Waals surface area contributed by atoms with E-state index in [1.54, 1.807) is 18.3 Å². The van der Waals surface area contributed by atoms with Gasteiger partial charge in [0.2, 0.25) is 6.79 Å². The summed E-state index contributed by atoms with van der Waals surface area (Å²) in [5.74, 6) is 1.30. The first-order chi connectivity index (χ1) is 16.5. The molecule has 0 atom stereocenters. The summed E-state index contributed by atoms with van der Waals surface area (Å²) in [6, 6.07) is 9.10. The van der Waals surface area contributed by atoms with Crippen LogP contribution in [0.4, 0.5) is 5.82 Å². The zero-order valence-corrected chi connectivity index (χ0v) is 19.7. The Morgan fingerprint density at radius 1 is 1.26 bits per heavy atom. The summed E-state index contributed by atoms with van der Waals surface area (Å²) in [5.41, 5.74) is 2.07. The number of fused-ring (bicyclic) bond motifs is 2. The number of aryl methyl sites for hydroxylation is 1. The lowest BCUT2D eigenvalue weighted by atomic mass is 10.2. The van der Waals surface area contributed by atoms with Gasteiger partial charge in [0.25, 0.3) is 11.5 Å². The summed E-state index contributed by atoms with van der Waals surface area (Å²) < 4.78 is 12.6. The van der Waals surface area contributed by atoms with Gasteiger partial charge >= 0.3 is 0 Å². The number of carbonyl (C=O) groups excluding carboxylic acids is 1. The Morgan fingerprint density at radius 3 is 2.91 bits per heavy atom. The third-order valence-corrected chi connectivity index (χ3v) is 6.79. The standard InChI is InChI=1S/C23H20N4O5S2/c1-13-3-2-7-26-20(13)25-19(24-6-8-28)15(21(26)29)10-18-22(30)27(23(33)34-18)11-14-4-5-16-17(9-14)32-12-31-16/h2-5,7,9-10,24,28H,6,8,11-12H2,1H3/b18-10-. The van der Waals surface area contributed by atoms with Gasteiger partial charge in [-0.1, -0.05) is 36.1 Å². The molecule has 0 saturated carbocycles. The van der Waals surface area contributed by atoms with Crippen molar-refractivity contribution in [2.24, 2.45) is 0 Å². The molecule has 0 unspecified atom stereocenters. The van der Waals surface area contributed by atoms with Gasteiger partial charge in [0.15, 0.2) is 11.5 Å². The van der Waals surface area contributed by atoms with E-state index in [-0.39, 0.29) is 43.5 Å². The maximum atomic E-state index is 13.3. The number of anilines is 1. The summed E-state index contributed by atoms with van der Waals surface area (Å²) in [6.07, 6.45) is 3.15. The third kappa shape index (κ3) is 4.02. The molecule has 3 aromatic rings. The number of ether oxygens (including phenoxy) is 2. The van der Waals surface area contributed by atoms with Gasteiger partial charge in [-0.15, -0.1) is 0 Å². The normalized spacial score (nSPS) is 16.2. The van der Waals surface area contributed by atoms with E-state index in [9.17, 15) is 14.7 Å². The van der Waals surface area contributed by atoms with Crippen molar-refractivity contribution in [1.29, 1.82) is 0 Å². The zero-order chi connectivity index (χ0) is 23.8. The van der Waals surface area contributed by atoms with E-state index in [0.29, 0.717) is 32.2 Å². The van der Waals surface area contributed by atoms with Crippen LogP contribution in [0.2, 0.25) is 0 Å². The Balaban J connectivity index is 1.50. The Kier molecular flexibility index (Phi) is 5.98. The number of nitrogens with one attached hydrogen (secondary N) is 1. The molecule has 1 saturated heterocycles. The number of thiocarbonyl (C=S) groups is 1. The molecule has 1 amide bonds. The molecule has 1 fully saturated rings. The summed E-state index contributed by atoms with van der Waals surface area (Å²) in [5, 5.41) is 12.2. The van der Waals surface area contributed by atoms with E-state index >= 15 is 0 Å².